The Kier molecular flexibility index (Phi) is 13.3. The van der Waals surface area contributed by atoms with Gasteiger partial charge in [-0.2, -0.15) is 43.2 Å². The highest BCUT2D eigenvalue weighted by molar-refractivity contribution is 7.87. The quantitative estimate of drug-likeness (QED) is 0.0624. The van der Waals surface area contributed by atoms with Gasteiger partial charge in [-0.1, -0.05) is 23.3 Å². The van der Waals surface area contributed by atoms with Gasteiger partial charge in [0.05, 0.1) is 33.2 Å². The van der Waals surface area contributed by atoms with E-state index in [0.29, 0.717) is 17.3 Å². The first-order valence-electron chi connectivity index (χ1n) is 15.6. The van der Waals surface area contributed by atoms with E-state index in [4.69, 9.17) is 18.9 Å². The second kappa shape index (κ2) is 17.3. The van der Waals surface area contributed by atoms with Crippen LogP contribution in [0.1, 0.15) is 25.3 Å². The summed E-state index contributed by atoms with van der Waals surface area (Å²) < 4.78 is 162. The van der Waals surface area contributed by atoms with Crippen molar-refractivity contribution in [3.63, 3.8) is 0 Å². The lowest BCUT2D eigenvalue weighted by molar-refractivity contribution is -0.0608. The van der Waals surface area contributed by atoms with Crippen LogP contribution in [-0.4, -0.2) is 68.0 Å². The monoisotopic (exact) mass is 806 g/mol. The van der Waals surface area contributed by atoms with Crippen molar-refractivity contribution in [3.8, 4) is 17.2 Å². The van der Waals surface area contributed by atoms with Gasteiger partial charge in [0.15, 0.2) is 11.4 Å². The molecule has 292 valence electrons. The second-order valence-corrected chi connectivity index (χ2v) is 14.3. The van der Waals surface area contributed by atoms with Crippen LogP contribution in [0.15, 0.2) is 116 Å². The molecule has 12 nitrogen and oxygen atoms in total. The second-order valence-electron chi connectivity index (χ2n) is 11.2. The van der Waals surface area contributed by atoms with Gasteiger partial charge in [-0.3, -0.25) is 8.57 Å². The van der Waals surface area contributed by atoms with Crippen LogP contribution in [0.2, 0.25) is 0 Å². The molecule has 0 N–H and O–H groups in total. The van der Waals surface area contributed by atoms with Gasteiger partial charge in [-0.25, -0.2) is 0 Å². The molecule has 0 saturated heterocycles. The molecule has 0 spiro atoms. The number of rotatable bonds is 16. The van der Waals surface area contributed by atoms with E-state index in [0.717, 1.165) is 42.5 Å². The van der Waals surface area contributed by atoms with E-state index in [1.165, 1.54) is 56.7 Å². The molecule has 3 aromatic carbocycles. The smallest absolute Gasteiger partial charge is 0.437 e. The van der Waals surface area contributed by atoms with Crippen LogP contribution in [0.5, 0.6) is 17.2 Å². The van der Waals surface area contributed by atoms with Gasteiger partial charge in [0, 0.05) is 17.9 Å². The fraction of sp³-hybridized carbons (Fsp3) is 0.294. The van der Waals surface area contributed by atoms with Crippen molar-refractivity contribution in [2.45, 2.75) is 41.9 Å². The summed E-state index contributed by atoms with van der Waals surface area (Å²) in [5, 5.41) is 5.86. The normalized spacial score (nSPS) is 15.8. The van der Waals surface area contributed by atoms with Crippen molar-refractivity contribution in [1.82, 2.24) is 0 Å². The lowest BCUT2D eigenvalue weighted by atomic mass is 9.91. The van der Waals surface area contributed by atoms with Crippen LogP contribution >= 0.6 is 0 Å². The number of hydrogen-bond acceptors (Lipinski definition) is 12. The maximum absolute atomic E-state index is 13.9. The number of methoxy groups -OCH3 is 2. The number of hydrogen-bond donors (Lipinski definition) is 0. The molecule has 1 atom stereocenters. The first-order valence-corrected chi connectivity index (χ1v) is 18.4. The largest absolute Gasteiger partial charge is 0.498 e. The highest BCUT2D eigenvalue weighted by Gasteiger charge is 2.41. The van der Waals surface area contributed by atoms with E-state index in [1.807, 2.05) is 0 Å². The number of allylic oxidation sites excluding steroid dienone is 4. The predicted molar refractivity (Wildman–Crippen MR) is 181 cm³/mol. The number of alkyl halides is 6. The first kappa shape index (κ1) is 41.5. The van der Waals surface area contributed by atoms with Crippen molar-refractivity contribution in [2.24, 2.45) is 16.2 Å². The lowest BCUT2D eigenvalue weighted by Crippen LogP contribution is -2.28. The minimum atomic E-state index is -5.08. The highest BCUT2D eigenvalue weighted by Crippen LogP contribution is 2.33. The topological polar surface area (TPSA) is 148 Å². The summed E-state index contributed by atoms with van der Waals surface area (Å²) in [6, 6.07) is 13.9. The number of nitrogens with zero attached hydrogens (tertiary/aromatic N) is 2. The highest BCUT2D eigenvalue weighted by atomic mass is 32.2. The summed E-state index contributed by atoms with van der Waals surface area (Å²) in [7, 11) is -6.65. The molecule has 0 saturated carbocycles. The summed E-state index contributed by atoms with van der Waals surface area (Å²) in [6.45, 7) is 1.69. The minimum Gasteiger partial charge on any atom is -0.498 e. The van der Waals surface area contributed by atoms with Crippen LogP contribution < -0.4 is 14.2 Å². The molecule has 0 heterocycles. The Bertz CT molecular complexity index is 2100. The zero-order valence-electron chi connectivity index (χ0n) is 28.5. The number of oxime groups is 2. The lowest BCUT2D eigenvalue weighted by Gasteiger charge is -2.23. The molecular weight excluding hydrogens is 775 g/mol. The van der Waals surface area contributed by atoms with Crippen LogP contribution in [0.3, 0.4) is 0 Å². The maximum atomic E-state index is 13.9. The molecule has 0 aromatic heterocycles. The fourth-order valence-corrected chi connectivity index (χ4v) is 6.12. The molecule has 20 heteroatoms. The number of benzene rings is 3. The van der Waals surface area contributed by atoms with Gasteiger partial charge in [-0.15, -0.1) is 0 Å². The molecule has 54 heavy (non-hydrogen) atoms. The van der Waals surface area contributed by atoms with Gasteiger partial charge in [0.2, 0.25) is 0 Å². The Balaban J connectivity index is 1.33. The molecule has 0 aliphatic heterocycles. The zero-order chi connectivity index (χ0) is 39.7. The Morgan fingerprint density at radius 1 is 0.648 bits per heavy atom. The van der Waals surface area contributed by atoms with Crippen LogP contribution in [0, 0.1) is 5.92 Å². The number of halogens is 6. The summed E-state index contributed by atoms with van der Waals surface area (Å²) in [4.78, 5) is -0.868. The Morgan fingerprint density at radius 2 is 1.09 bits per heavy atom. The van der Waals surface area contributed by atoms with E-state index in [9.17, 15) is 43.2 Å². The van der Waals surface area contributed by atoms with Crippen molar-refractivity contribution in [1.29, 1.82) is 0 Å². The van der Waals surface area contributed by atoms with Crippen molar-refractivity contribution in [2.75, 3.05) is 27.4 Å². The van der Waals surface area contributed by atoms with Gasteiger partial charge in [-0.05, 0) is 90.9 Å². The van der Waals surface area contributed by atoms with E-state index in [1.54, 1.807) is 6.92 Å². The Labute approximate surface area is 306 Å². The van der Waals surface area contributed by atoms with E-state index in [2.05, 4.69) is 18.9 Å². The molecule has 1 aliphatic rings. The van der Waals surface area contributed by atoms with Crippen LogP contribution in [0.25, 0.3) is 0 Å². The molecule has 0 amide bonds. The summed E-state index contributed by atoms with van der Waals surface area (Å²) >= 11 is 0. The molecule has 0 bridgehead atoms. The number of ether oxygens (including phenoxy) is 4. The van der Waals surface area contributed by atoms with Crippen molar-refractivity contribution in [3.05, 3.63) is 102 Å². The van der Waals surface area contributed by atoms with Crippen molar-refractivity contribution >= 4 is 31.7 Å². The first-order chi connectivity index (χ1) is 25.3. The summed E-state index contributed by atoms with van der Waals surface area (Å²) in [5.41, 5.74) is -3.96. The van der Waals surface area contributed by atoms with Crippen LogP contribution in [0.4, 0.5) is 26.3 Å². The molecule has 0 fully saturated rings. The van der Waals surface area contributed by atoms with Gasteiger partial charge < -0.3 is 18.9 Å². The maximum Gasteiger partial charge on any atom is 0.437 e. The van der Waals surface area contributed by atoms with E-state index >= 15 is 0 Å². The van der Waals surface area contributed by atoms with Crippen molar-refractivity contribution < 1.29 is 70.7 Å². The van der Waals surface area contributed by atoms with Gasteiger partial charge in [0.25, 0.3) is 0 Å². The summed E-state index contributed by atoms with van der Waals surface area (Å²) in [6.07, 6.45) is -7.67. The third-order valence-electron chi connectivity index (χ3n) is 7.41. The van der Waals surface area contributed by atoms with E-state index in [-0.39, 0.29) is 37.4 Å². The Hall–Kier alpha value is -5.24. The predicted octanol–water partition coefficient (Wildman–Crippen LogP) is 7.34. The SMILES string of the molecule is COc1ccc(S(=O)(=O)ON=C(C2=CC=C(OCCCOc3ccc(C(=NOS(=O)(=O)c4ccc(OC)cc4)C(F)(F)F)cc3)C(C)C2)C(F)(F)F)cc1. The molecule has 1 unspecified atom stereocenters. The summed E-state index contributed by atoms with van der Waals surface area (Å²) in [5.74, 6) is 0.579. The zero-order valence-corrected chi connectivity index (χ0v) is 30.2. The average molecular weight is 807 g/mol. The third kappa shape index (κ3) is 11.1. The van der Waals surface area contributed by atoms with Crippen LogP contribution in [-0.2, 0) is 33.5 Å². The van der Waals surface area contributed by atoms with E-state index < -0.39 is 65.3 Å². The van der Waals surface area contributed by atoms with Gasteiger partial charge >= 0.3 is 32.6 Å². The standard InChI is InChI=1S/C34H32F6N2O10S2/c1-22-21-24(32(34(38,39)40)42-52-54(45,46)29-16-12-26(48-3)13-17-29)7-18-30(22)50-20-4-19-49-27-8-5-23(6-9-27)31(33(35,36)37)41-51-53(43,44)28-14-10-25(47-2)11-15-28/h5-18,22H,4,19-21H2,1-3H3. The Morgan fingerprint density at radius 3 is 1.54 bits per heavy atom. The molecule has 3 aromatic rings. The van der Waals surface area contributed by atoms with Gasteiger partial charge in [0.1, 0.15) is 27.0 Å². The fourth-order valence-electron chi connectivity index (χ4n) is 4.66. The average Bonchev–Trinajstić information content (AvgIpc) is 3.11. The molecule has 4 rings (SSSR count). The minimum absolute atomic E-state index is 0.0381. The molecule has 0 radical (unpaired) electrons. The molecule has 1 aliphatic carbocycles. The third-order valence-corrected chi connectivity index (χ3v) is 9.65. The molecular formula is C34H32F6N2O10S2.